The van der Waals surface area contributed by atoms with Gasteiger partial charge in [-0.3, -0.25) is 0 Å². The molecule has 0 saturated heterocycles. The Kier molecular flexibility index (Phi) is 3.59. The summed E-state index contributed by atoms with van der Waals surface area (Å²) >= 11 is 0. The van der Waals surface area contributed by atoms with Gasteiger partial charge in [-0.2, -0.15) is 0 Å². The fourth-order valence-electron chi connectivity index (χ4n) is 5.98. The molecule has 2 bridgehead atoms. The largest absolute Gasteiger partial charge is 0.478 e. The summed E-state index contributed by atoms with van der Waals surface area (Å²) < 4.78 is 0. The molecule has 134 valence electrons. The van der Waals surface area contributed by atoms with Crippen LogP contribution in [0.15, 0.2) is 42.5 Å². The molecule has 26 heavy (non-hydrogen) atoms. The summed E-state index contributed by atoms with van der Waals surface area (Å²) in [6.45, 7) is 2.18. The Hall–Kier alpha value is -2.29. The number of anilines is 1. The lowest BCUT2D eigenvalue weighted by molar-refractivity contribution is 0.0697. The zero-order chi connectivity index (χ0) is 17.8. The van der Waals surface area contributed by atoms with Gasteiger partial charge in [0, 0.05) is 0 Å². The van der Waals surface area contributed by atoms with E-state index in [9.17, 15) is 9.90 Å². The number of aromatic carboxylic acids is 1. The van der Waals surface area contributed by atoms with E-state index >= 15 is 0 Å². The van der Waals surface area contributed by atoms with Crippen LogP contribution in [-0.4, -0.2) is 11.1 Å². The molecular formula is C23H25NO2. The van der Waals surface area contributed by atoms with Crippen molar-refractivity contribution >= 4 is 11.7 Å². The van der Waals surface area contributed by atoms with Crippen molar-refractivity contribution in [3.05, 3.63) is 64.7 Å². The van der Waals surface area contributed by atoms with E-state index in [2.05, 4.69) is 42.6 Å². The number of rotatable bonds is 3. The van der Waals surface area contributed by atoms with Crippen molar-refractivity contribution in [3.63, 3.8) is 0 Å². The van der Waals surface area contributed by atoms with E-state index in [0.29, 0.717) is 23.3 Å². The predicted octanol–water partition coefficient (Wildman–Crippen LogP) is 5.24. The molecule has 0 spiro atoms. The molecular weight excluding hydrogens is 322 g/mol. The second-order valence-electron chi connectivity index (χ2n) is 8.23. The van der Waals surface area contributed by atoms with Crippen LogP contribution in [-0.2, 0) is 6.42 Å². The number of benzene rings is 2. The van der Waals surface area contributed by atoms with Crippen molar-refractivity contribution < 1.29 is 9.90 Å². The molecule has 2 saturated carbocycles. The molecule has 2 aliphatic carbocycles. The monoisotopic (exact) mass is 347 g/mol. The maximum Gasteiger partial charge on any atom is 0.337 e. The van der Waals surface area contributed by atoms with Gasteiger partial charge < -0.3 is 10.4 Å². The molecule has 2 fully saturated rings. The highest BCUT2D eigenvalue weighted by atomic mass is 16.4. The lowest BCUT2D eigenvalue weighted by atomic mass is 9.67. The molecule has 2 aromatic carbocycles. The molecule has 3 nitrogen and oxygen atoms in total. The predicted molar refractivity (Wildman–Crippen MR) is 103 cm³/mol. The van der Waals surface area contributed by atoms with Crippen molar-refractivity contribution in [1.29, 1.82) is 0 Å². The summed E-state index contributed by atoms with van der Waals surface area (Å²) in [4.78, 5) is 11.8. The zero-order valence-electron chi connectivity index (χ0n) is 15.1. The number of hydrogen-bond acceptors (Lipinski definition) is 2. The first kappa shape index (κ1) is 15.9. The van der Waals surface area contributed by atoms with E-state index in [1.165, 1.54) is 36.0 Å². The Balaban J connectivity index is 1.64. The SMILES string of the molecule is CCc1ccc([C@@H]2Nc3c(C(=O)O)cccc3[C@H]3[C@H]4CC[C@H](C4)[C@@H]32)cc1. The van der Waals surface area contributed by atoms with Gasteiger partial charge in [-0.1, -0.05) is 43.3 Å². The molecule has 0 amide bonds. The zero-order valence-corrected chi connectivity index (χ0v) is 15.1. The fraction of sp³-hybridized carbons (Fsp3) is 0.435. The van der Waals surface area contributed by atoms with Crippen molar-refractivity contribution in [3.8, 4) is 0 Å². The molecule has 1 aliphatic heterocycles. The normalized spacial score (nSPS) is 31.2. The first-order valence-electron chi connectivity index (χ1n) is 9.89. The average Bonchev–Trinajstić information content (AvgIpc) is 3.29. The highest BCUT2D eigenvalue weighted by molar-refractivity contribution is 5.95. The number of carbonyl (C=O) groups is 1. The molecule has 0 radical (unpaired) electrons. The van der Waals surface area contributed by atoms with Crippen LogP contribution >= 0.6 is 0 Å². The van der Waals surface area contributed by atoms with Crippen LogP contribution in [0.1, 0.15) is 65.2 Å². The number of carboxylic acid groups (broad SMARTS) is 1. The number of carboxylic acids is 1. The van der Waals surface area contributed by atoms with Crippen LogP contribution in [0.5, 0.6) is 0 Å². The fourth-order valence-corrected chi connectivity index (χ4v) is 5.98. The summed E-state index contributed by atoms with van der Waals surface area (Å²) in [5, 5.41) is 13.4. The molecule has 2 aromatic rings. The molecule has 0 aromatic heterocycles. The molecule has 3 heteroatoms. The van der Waals surface area contributed by atoms with E-state index in [1.807, 2.05) is 6.07 Å². The van der Waals surface area contributed by atoms with Crippen LogP contribution in [0.25, 0.3) is 0 Å². The summed E-state index contributed by atoms with van der Waals surface area (Å²) in [6.07, 6.45) is 4.97. The van der Waals surface area contributed by atoms with Crippen molar-refractivity contribution in [2.45, 2.75) is 44.6 Å². The van der Waals surface area contributed by atoms with Crippen molar-refractivity contribution in [2.75, 3.05) is 5.32 Å². The van der Waals surface area contributed by atoms with Gasteiger partial charge in [0.15, 0.2) is 0 Å². The van der Waals surface area contributed by atoms with Crippen LogP contribution in [0.2, 0.25) is 0 Å². The summed E-state index contributed by atoms with van der Waals surface area (Å²) in [5.41, 5.74) is 5.16. The molecule has 3 aliphatic rings. The van der Waals surface area contributed by atoms with Gasteiger partial charge in [0.2, 0.25) is 0 Å². The summed E-state index contributed by atoms with van der Waals surface area (Å²) in [7, 11) is 0. The summed E-state index contributed by atoms with van der Waals surface area (Å²) in [5.74, 6) is 1.72. The van der Waals surface area contributed by atoms with E-state index in [1.54, 1.807) is 6.07 Å². The van der Waals surface area contributed by atoms with Gasteiger partial charge >= 0.3 is 5.97 Å². The minimum Gasteiger partial charge on any atom is -0.478 e. The second kappa shape index (κ2) is 5.87. The number of hydrogen-bond donors (Lipinski definition) is 2. The Morgan fingerprint density at radius 2 is 1.88 bits per heavy atom. The quantitative estimate of drug-likeness (QED) is 0.798. The smallest absolute Gasteiger partial charge is 0.337 e. The van der Waals surface area contributed by atoms with Crippen LogP contribution < -0.4 is 5.32 Å². The third-order valence-corrected chi connectivity index (χ3v) is 7.10. The first-order valence-corrected chi connectivity index (χ1v) is 9.89. The van der Waals surface area contributed by atoms with Gasteiger partial charge in [0.05, 0.1) is 17.3 Å². The second-order valence-corrected chi connectivity index (χ2v) is 8.23. The van der Waals surface area contributed by atoms with Gasteiger partial charge in [-0.25, -0.2) is 4.79 Å². The van der Waals surface area contributed by atoms with Crippen LogP contribution in [0.3, 0.4) is 0 Å². The van der Waals surface area contributed by atoms with Crippen molar-refractivity contribution in [2.24, 2.45) is 17.8 Å². The molecule has 5 rings (SSSR count). The number of nitrogens with one attached hydrogen (secondary N) is 1. The highest BCUT2D eigenvalue weighted by Gasteiger charge is 2.54. The maximum absolute atomic E-state index is 11.8. The van der Waals surface area contributed by atoms with Crippen molar-refractivity contribution in [1.82, 2.24) is 0 Å². The Bertz CT molecular complexity index is 857. The lowest BCUT2D eigenvalue weighted by Crippen LogP contribution is -2.36. The Labute approximate surface area is 154 Å². The molecule has 2 N–H and O–H groups in total. The molecule has 5 atom stereocenters. The standard InChI is InChI=1S/C23H25NO2/c1-2-13-6-8-14(9-7-13)21-20-16-11-10-15(12-16)19(20)17-4-3-5-18(23(25)26)22(17)24-21/h3-9,15-16,19-21,24H,2,10-12H2,1H3,(H,25,26)/t15-,16+,19+,20-,21-/m0/s1. The first-order chi connectivity index (χ1) is 12.7. The third kappa shape index (κ3) is 2.22. The minimum absolute atomic E-state index is 0.217. The van der Waals surface area contributed by atoms with E-state index < -0.39 is 5.97 Å². The lowest BCUT2D eigenvalue weighted by Gasteiger charge is -2.44. The minimum atomic E-state index is -0.837. The number of aryl methyl sites for hydroxylation is 1. The van der Waals surface area contributed by atoms with Gasteiger partial charge in [0.1, 0.15) is 0 Å². The van der Waals surface area contributed by atoms with Gasteiger partial charge in [0.25, 0.3) is 0 Å². The maximum atomic E-state index is 11.8. The Morgan fingerprint density at radius 3 is 2.62 bits per heavy atom. The van der Waals surface area contributed by atoms with Gasteiger partial charge in [-0.05, 0) is 72.1 Å². The number of fused-ring (bicyclic) bond motifs is 7. The van der Waals surface area contributed by atoms with E-state index in [4.69, 9.17) is 0 Å². The summed E-state index contributed by atoms with van der Waals surface area (Å²) in [6, 6.07) is 15.0. The topological polar surface area (TPSA) is 49.3 Å². The van der Waals surface area contributed by atoms with Gasteiger partial charge in [-0.15, -0.1) is 0 Å². The Morgan fingerprint density at radius 1 is 1.12 bits per heavy atom. The highest BCUT2D eigenvalue weighted by Crippen LogP contribution is 2.63. The average molecular weight is 347 g/mol. The van der Waals surface area contributed by atoms with E-state index in [0.717, 1.165) is 18.0 Å². The third-order valence-electron chi connectivity index (χ3n) is 7.10. The molecule has 0 unspecified atom stereocenters. The van der Waals surface area contributed by atoms with E-state index in [-0.39, 0.29) is 6.04 Å². The number of para-hydroxylation sites is 1. The van der Waals surface area contributed by atoms with Crippen LogP contribution in [0, 0.1) is 17.8 Å². The molecule has 1 heterocycles. The van der Waals surface area contributed by atoms with Crippen LogP contribution in [0.4, 0.5) is 5.69 Å².